The van der Waals surface area contributed by atoms with Gasteiger partial charge in [0.2, 0.25) is 0 Å². The first-order chi connectivity index (χ1) is 18.9. The van der Waals surface area contributed by atoms with Gasteiger partial charge in [-0.3, -0.25) is 14.5 Å². The smallest absolute Gasteiger partial charge is 0.273 e. The van der Waals surface area contributed by atoms with Crippen molar-refractivity contribution in [1.29, 1.82) is 0 Å². The number of carbonyl (C=O) groups is 2. The fraction of sp³-hybridized carbons (Fsp3) is 0.300. The van der Waals surface area contributed by atoms with E-state index in [2.05, 4.69) is 42.0 Å². The van der Waals surface area contributed by atoms with E-state index in [1.54, 1.807) is 36.5 Å². The van der Waals surface area contributed by atoms with Crippen molar-refractivity contribution >= 4 is 39.6 Å². The van der Waals surface area contributed by atoms with E-state index < -0.39 is 5.91 Å². The van der Waals surface area contributed by atoms with Crippen LogP contribution in [0.15, 0.2) is 70.2 Å². The highest BCUT2D eigenvalue weighted by atomic mass is 79.9. The van der Waals surface area contributed by atoms with E-state index in [9.17, 15) is 9.59 Å². The highest BCUT2D eigenvalue weighted by Gasteiger charge is 2.15. The molecule has 8 nitrogen and oxygen atoms in total. The third kappa shape index (κ3) is 8.56. The number of anilines is 1. The molecule has 1 fully saturated rings. The predicted molar refractivity (Wildman–Crippen MR) is 158 cm³/mol. The van der Waals surface area contributed by atoms with Gasteiger partial charge in [0.25, 0.3) is 11.8 Å². The van der Waals surface area contributed by atoms with Crippen LogP contribution in [0, 0.1) is 13.8 Å². The van der Waals surface area contributed by atoms with Crippen molar-refractivity contribution in [2.75, 3.05) is 44.7 Å². The summed E-state index contributed by atoms with van der Waals surface area (Å²) in [6.45, 7) is 10.2. The average molecular weight is 593 g/mol. The molecule has 3 aromatic carbocycles. The predicted octanol–water partition coefficient (Wildman–Crippen LogP) is 4.50. The number of aryl methyl sites for hydroxylation is 2. The molecule has 0 radical (unpaired) electrons. The first-order valence-corrected chi connectivity index (χ1v) is 13.8. The molecule has 0 saturated carbocycles. The number of amides is 2. The second kappa shape index (κ2) is 14.1. The number of carbonyl (C=O) groups excluding carboxylic acids is 2. The fourth-order valence-corrected chi connectivity index (χ4v) is 4.51. The zero-order valence-electron chi connectivity index (χ0n) is 22.3. The quantitative estimate of drug-likeness (QED) is 0.183. The zero-order chi connectivity index (χ0) is 27.6. The van der Waals surface area contributed by atoms with Gasteiger partial charge in [0.1, 0.15) is 0 Å². The second-order valence-corrected chi connectivity index (χ2v) is 10.4. The van der Waals surface area contributed by atoms with E-state index in [1.165, 1.54) is 5.56 Å². The standard InChI is InChI=1S/C30H34BrN5O3/c1-21-3-4-24(17-22(21)2)20-33-35-30(38)27-18-26(31)9-10-28(27)34-29(37)25-7-5-23(6-8-25)19-32-11-12-36-13-15-39-16-14-36/h3-10,17-18,20,32H,11-16,19H2,1-2H3,(H,34,37)(H,35,38). The Bertz CT molecular complexity index is 1320. The van der Waals surface area contributed by atoms with E-state index in [4.69, 9.17) is 4.74 Å². The summed E-state index contributed by atoms with van der Waals surface area (Å²) in [5, 5.41) is 10.4. The van der Waals surface area contributed by atoms with Gasteiger partial charge >= 0.3 is 0 Å². The molecule has 9 heteroatoms. The van der Waals surface area contributed by atoms with Crippen LogP contribution in [0.2, 0.25) is 0 Å². The van der Waals surface area contributed by atoms with Gasteiger partial charge in [-0.15, -0.1) is 0 Å². The SMILES string of the molecule is Cc1ccc(C=NNC(=O)c2cc(Br)ccc2NC(=O)c2ccc(CNCCN3CCOCC3)cc2)cc1C. The molecule has 0 aromatic heterocycles. The first kappa shape index (κ1) is 28.6. The summed E-state index contributed by atoms with van der Waals surface area (Å²) in [6, 6.07) is 18.5. The van der Waals surface area contributed by atoms with E-state index in [1.807, 2.05) is 44.2 Å². The fourth-order valence-electron chi connectivity index (χ4n) is 4.15. The van der Waals surface area contributed by atoms with E-state index in [0.29, 0.717) is 21.3 Å². The largest absolute Gasteiger partial charge is 0.379 e. The minimum Gasteiger partial charge on any atom is -0.379 e. The maximum absolute atomic E-state index is 13.0. The molecule has 0 spiro atoms. The third-order valence-corrected chi connectivity index (χ3v) is 7.13. The maximum Gasteiger partial charge on any atom is 0.273 e. The van der Waals surface area contributed by atoms with Crippen molar-refractivity contribution in [1.82, 2.24) is 15.6 Å². The number of nitrogens with zero attached hydrogens (tertiary/aromatic N) is 2. The first-order valence-electron chi connectivity index (χ1n) is 13.0. The van der Waals surface area contributed by atoms with Gasteiger partial charge in [-0.1, -0.05) is 46.3 Å². The second-order valence-electron chi connectivity index (χ2n) is 9.51. The summed E-state index contributed by atoms with van der Waals surface area (Å²) < 4.78 is 6.10. The Balaban J connectivity index is 1.32. The van der Waals surface area contributed by atoms with Gasteiger partial charge in [0.15, 0.2) is 0 Å². The van der Waals surface area contributed by atoms with Crippen LogP contribution < -0.4 is 16.1 Å². The molecule has 2 amide bonds. The Morgan fingerprint density at radius 2 is 1.74 bits per heavy atom. The third-order valence-electron chi connectivity index (χ3n) is 6.64. The number of rotatable bonds is 10. The number of hydrogen-bond acceptors (Lipinski definition) is 6. The van der Waals surface area contributed by atoms with Crippen molar-refractivity contribution < 1.29 is 14.3 Å². The molecule has 3 N–H and O–H groups in total. The maximum atomic E-state index is 13.0. The van der Waals surface area contributed by atoms with E-state index >= 15 is 0 Å². The lowest BCUT2D eigenvalue weighted by atomic mass is 10.1. The highest BCUT2D eigenvalue weighted by Crippen LogP contribution is 2.22. The number of morpholine rings is 1. The molecule has 0 unspecified atom stereocenters. The number of hydrogen-bond donors (Lipinski definition) is 3. The molecule has 4 rings (SSSR count). The van der Waals surface area contributed by atoms with Gasteiger partial charge in [0.05, 0.1) is 30.7 Å². The lowest BCUT2D eigenvalue weighted by Crippen LogP contribution is -2.40. The van der Waals surface area contributed by atoms with Crippen molar-refractivity contribution in [2.24, 2.45) is 5.10 Å². The zero-order valence-corrected chi connectivity index (χ0v) is 23.9. The van der Waals surface area contributed by atoms with Gasteiger partial charge in [-0.05, 0) is 66.4 Å². The Morgan fingerprint density at radius 3 is 2.49 bits per heavy atom. The molecular formula is C30H34BrN5O3. The minimum absolute atomic E-state index is 0.295. The number of benzene rings is 3. The molecule has 1 heterocycles. The van der Waals surface area contributed by atoms with Crippen LogP contribution in [0.25, 0.3) is 0 Å². The summed E-state index contributed by atoms with van der Waals surface area (Å²) in [5.41, 5.74) is 8.09. The molecule has 204 valence electrons. The van der Waals surface area contributed by atoms with Crippen LogP contribution in [0.4, 0.5) is 5.69 Å². The summed E-state index contributed by atoms with van der Waals surface area (Å²) in [4.78, 5) is 28.3. The van der Waals surface area contributed by atoms with Gasteiger partial charge in [-0.2, -0.15) is 5.10 Å². The molecule has 0 bridgehead atoms. The minimum atomic E-state index is -0.426. The van der Waals surface area contributed by atoms with Gasteiger partial charge < -0.3 is 15.4 Å². The molecular weight excluding hydrogens is 558 g/mol. The Kier molecular flexibility index (Phi) is 10.4. The van der Waals surface area contributed by atoms with Gasteiger partial charge in [-0.25, -0.2) is 5.43 Å². The number of halogens is 1. The summed E-state index contributed by atoms with van der Waals surface area (Å²) >= 11 is 3.41. The lowest BCUT2D eigenvalue weighted by Gasteiger charge is -2.26. The summed E-state index contributed by atoms with van der Waals surface area (Å²) in [6.07, 6.45) is 1.60. The van der Waals surface area contributed by atoms with Crippen LogP contribution in [-0.4, -0.2) is 62.3 Å². The van der Waals surface area contributed by atoms with Gasteiger partial charge in [0, 0.05) is 42.8 Å². The normalized spacial score (nSPS) is 13.9. The molecule has 1 aliphatic heterocycles. The number of hydrazone groups is 1. The van der Waals surface area contributed by atoms with E-state index in [-0.39, 0.29) is 5.91 Å². The van der Waals surface area contributed by atoms with Crippen molar-refractivity contribution in [2.45, 2.75) is 20.4 Å². The summed E-state index contributed by atoms with van der Waals surface area (Å²) in [5.74, 6) is -0.720. The van der Waals surface area contributed by atoms with Crippen LogP contribution in [0.1, 0.15) is 43.0 Å². The average Bonchev–Trinajstić information content (AvgIpc) is 2.95. The van der Waals surface area contributed by atoms with Crippen LogP contribution in [-0.2, 0) is 11.3 Å². The Morgan fingerprint density at radius 1 is 0.974 bits per heavy atom. The van der Waals surface area contributed by atoms with Crippen LogP contribution >= 0.6 is 15.9 Å². The Hall–Kier alpha value is -3.37. The monoisotopic (exact) mass is 591 g/mol. The topological polar surface area (TPSA) is 95.1 Å². The lowest BCUT2D eigenvalue weighted by molar-refractivity contribution is 0.0384. The highest BCUT2D eigenvalue weighted by molar-refractivity contribution is 9.10. The molecule has 0 aliphatic carbocycles. The van der Waals surface area contributed by atoms with Crippen molar-refractivity contribution in [3.8, 4) is 0 Å². The summed E-state index contributed by atoms with van der Waals surface area (Å²) in [7, 11) is 0. The molecule has 1 aliphatic rings. The van der Waals surface area contributed by atoms with Crippen LogP contribution in [0.5, 0.6) is 0 Å². The number of nitrogens with one attached hydrogen (secondary N) is 3. The molecule has 1 saturated heterocycles. The molecule has 39 heavy (non-hydrogen) atoms. The van der Waals surface area contributed by atoms with E-state index in [0.717, 1.165) is 62.6 Å². The van der Waals surface area contributed by atoms with Crippen molar-refractivity contribution in [3.05, 3.63) is 98.5 Å². The van der Waals surface area contributed by atoms with Crippen molar-refractivity contribution in [3.63, 3.8) is 0 Å². The van der Waals surface area contributed by atoms with Crippen LogP contribution in [0.3, 0.4) is 0 Å². The number of ether oxygens (including phenoxy) is 1. The Labute approximate surface area is 237 Å². The molecule has 3 aromatic rings. The molecule has 0 atom stereocenters.